The van der Waals surface area contributed by atoms with Gasteiger partial charge >= 0.3 is 0 Å². The van der Waals surface area contributed by atoms with Gasteiger partial charge in [-0.2, -0.15) is 5.26 Å². The van der Waals surface area contributed by atoms with Crippen LogP contribution < -0.4 is 24.8 Å². The summed E-state index contributed by atoms with van der Waals surface area (Å²) in [7, 11) is 0. The van der Waals surface area contributed by atoms with E-state index < -0.39 is 5.91 Å². The lowest BCUT2D eigenvalue weighted by Gasteiger charge is -2.07. The Balaban J connectivity index is 1.97. The van der Waals surface area contributed by atoms with Crippen molar-refractivity contribution in [2.75, 3.05) is 11.9 Å². The van der Waals surface area contributed by atoms with Gasteiger partial charge < -0.3 is 10.1 Å². The Morgan fingerprint density at radius 1 is 1.14 bits per heavy atom. The number of thiazole rings is 1. The molecule has 4 rings (SSSR count). The summed E-state index contributed by atoms with van der Waals surface area (Å²) >= 11 is 4.56. The Labute approximate surface area is 220 Å². The van der Waals surface area contributed by atoms with Crippen molar-refractivity contribution < 1.29 is 9.53 Å². The van der Waals surface area contributed by atoms with Crippen molar-refractivity contribution in [1.82, 2.24) is 4.57 Å². The van der Waals surface area contributed by atoms with Crippen LogP contribution in [0.2, 0.25) is 0 Å². The summed E-state index contributed by atoms with van der Waals surface area (Å²) in [6, 6.07) is 23.8. The van der Waals surface area contributed by atoms with Crippen LogP contribution in [0.3, 0.4) is 0 Å². The number of nitrogens with zero attached hydrogens (tertiary/aromatic N) is 2. The molecule has 1 heterocycles. The van der Waals surface area contributed by atoms with Crippen molar-refractivity contribution >= 4 is 50.5 Å². The van der Waals surface area contributed by atoms with Gasteiger partial charge in [0.15, 0.2) is 5.57 Å². The Morgan fingerprint density at radius 2 is 1.92 bits per heavy atom. The van der Waals surface area contributed by atoms with Crippen LogP contribution in [0.4, 0.5) is 5.69 Å². The number of amides is 1. The molecule has 180 valence electrons. The molecule has 36 heavy (non-hydrogen) atoms. The van der Waals surface area contributed by atoms with Gasteiger partial charge in [0.2, 0.25) is 0 Å². The summed E-state index contributed by atoms with van der Waals surface area (Å²) in [4.78, 5) is 26.8. The number of aromatic nitrogens is 1. The van der Waals surface area contributed by atoms with Crippen LogP contribution in [-0.2, 0) is 4.79 Å². The summed E-state index contributed by atoms with van der Waals surface area (Å²) in [5.74, 6) is 0.0426. The van der Waals surface area contributed by atoms with Crippen LogP contribution in [0.5, 0.6) is 5.75 Å². The van der Waals surface area contributed by atoms with Gasteiger partial charge in [0.1, 0.15) is 16.5 Å². The molecule has 6 nitrogen and oxygen atoms in total. The monoisotopic (exact) mass is 559 g/mol. The minimum Gasteiger partial charge on any atom is -0.493 e. The van der Waals surface area contributed by atoms with Crippen molar-refractivity contribution in [3.8, 4) is 17.5 Å². The first kappa shape index (κ1) is 25.2. The van der Waals surface area contributed by atoms with Gasteiger partial charge in [-0.1, -0.05) is 46.3 Å². The third-order valence-electron chi connectivity index (χ3n) is 5.22. The van der Waals surface area contributed by atoms with E-state index in [0.29, 0.717) is 33.8 Å². The number of aryl methyl sites for hydroxylation is 1. The highest BCUT2D eigenvalue weighted by Gasteiger charge is 2.17. The summed E-state index contributed by atoms with van der Waals surface area (Å²) in [5, 5.41) is 12.8. The molecule has 3 aromatic carbocycles. The molecule has 0 spiro atoms. The first-order valence-corrected chi connectivity index (χ1v) is 12.8. The third kappa shape index (κ3) is 5.48. The number of nitriles is 1. The molecular formula is C28H22BrN3O3S. The van der Waals surface area contributed by atoms with Crippen LogP contribution in [0.15, 0.2) is 82.1 Å². The molecule has 0 radical (unpaired) electrons. The molecule has 0 fully saturated rings. The molecule has 0 saturated heterocycles. The average molecular weight is 560 g/mol. The zero-order valence-corrected chi connectivity index (χ0v) is 22.0. The van der Waals surface area contributed by atoms with E-state index in [4.69, 9.17) is 4.74 Å². The average Bonchev–Trinajstić information content (AvgIpc) is 3.17. The highest BCUT2D eigenvalue weighted by atomic mass is 79.9. The summed E-state index contributed by atoms with van der Waals surface area (Å²) in [6.45, 7) is 4.27. The second-order valence-electron chi connectivity index (χ2n) is 7.82. The van der Waals surface area contributed by atoms with Gasteiger partial charge in [0, 0.05) is 15.7 Å². The van der Waals surface area contributed by atoms with Crippen LogP contribution in [0, 0.1) is 18.3 Å². The maximum absolute atomic E-state index is 13.6. The van der Waals surface area contributed by atoms with Crippen LogP contribution >= 0.6 is 27.3 Å². The number of benzene rings is 3. The number of hydrogen-bond acceptors (Lipinski definition) is 5. The fourth-order valence-corrected chi connectivity index (χ4v) is 5.11. The molecule has 0 unspecified atom stereocenters. The maximum atomic E-state index is 13.6. The number of para-hydroxylation sites is 1. The fraction of sp³-hybridized carbons (Fsp3) is 0.107. The molecule has 0 bridgehead atoms. The number of carbonyl (C=O) groups is 1. The minimum atomic E-state index is -0.585. The standard InChI is InChI=1S/C28H22BrN3O3S/c1-3-35-24-13-12-20(29)15-19(24)16-25-27(34)32(22-10-5-4-6-11-22)28(36-25)23(17-30)26(33)31-21-9-7-8-18(2)14-21/h4-16H,3H2,1-2H3,(H,31,33)/b25-16+,28-23-. The Kier molecular flexibility index (Phi) is 7.84. The van der Waals surface area contributed by atoms with E-state index >= 15 is 0 Å². The number of halogens is 1. The topological polar surface area (TPSA) is 84.1 Å². The summed E-state index contributed by atoms with van der Waals surface area (Å²) in [6.07, 6.45) is 1.72. The van der Waals surface area contributed by atoms with E-state index in [2.05, 4.69) is 21.2 Å². The van der Waals surface area contributed by atoms with Gasteiger partial charge in [-0.3, -0.25) is 14.2 Å². The van der Waals surface area contributed by atoms with E-state index in [-0.39, 0.29) is 15.8 Å². The summed E-state index contributed by atoms with van der Waals surface area (Å²) < 4.78 is 8.58. The molecule has 0 aliphatic heterocycles. The number of ether oxygens (including phenoxy) is 1. The molecule has 8 heteroatoms. The lowest BCUT2D eigenvalue weighted by Crippen LogP contribution is -2.32. The van der Waals surface area contributed by atoms with Crippen LogP contribution in [0.25, 0.3) is 17.3 Å². The first-order chi connectivity index (χ1) is 17.4. The van der Waals surface area contributed by atoms with Crippen molar-refractivity contribution in [3.63, 3.8) is 0 Å². The molecule has 0 atom stereocenters. The van der Waals surface area contributed by atoms with Gasteiger partial charge in [0.25, 0.3) is 11.5 Å². The molecule has 1 N–H and O–H groups in total. The molecule has 1 amide bonds. The van der Waals surface area contributed by atoms with E-state index in [1.54, 1.807) is 36.4 Å². The molecular weight excluding hydrogens is 538 g/mol. The number of rotatable bonds is 6. The summed E-state index contributed by atoms with van der Waals surface area (Å²) in [5.41, 5.74) is 2.32. The van der Waals surface area contributed by atoms with Gasteiger partial charge in [0.05, 0.1) is 16.8 Å². The molecule has 0 saturated carbocycles. The Hall–Kier alpha value is -3.93. The number of carbonyl (C=O) groups excluding carboxylic acids is 1. The van der Waals surface area contributed by atoms with Crippen molar-refractivity contribution in [3.05, 3.63) is 108 Å². The van der Waals surface area contributed by atoms with Crippen LogP contribution in [0.1, 0.15) is 18.1 Å². The smallest absolute Gasteiger partial charge is 0.273 e. The molecule has 0 aliphatic carbocycles. The zero-order valence-electron chi connectivity index (χ0n) is 19.6. The second kappa shape index (κ2) is 11.2. The predicted molar refractivity (Wildman–Crippen MR) is 147 cm³/mol. The zero-order chi connectivity index (χ0) is 25.7. The minimum absolute atomic E-state index is 0.151. The Morgan fingerprint density at radius 3 is 2.61 bits per heavy atom. The predicted octanol–water partition coefficient (Wildman–Crippen LogP) is 4.51. The van der Waals surface area contributed by atoms with Crippen molar-refractivity contribution in [2.45, 2.75) is 13.8 Å². The number of anilines is 1. The largest absolute Gasteiger partial charge is 0.493 e. The van der Waals surface area contributed by atoms with Gasteiger partial charge in [-0.05, 0) is 68.0 Å². The Bertz CT molecular complexity index is 1650. The van der Waals surface area contributed by atoms with Gasteiger partial charge in [-0.15, -0.1) is 11.3 Å². The lowest BCUT2D eigenvalue weighted by atomic mass is 10.2. The number of nitrogens with one attached hydrogen (secondary N) is 1. The second-order valence-corrected chi connectivity index (χ2v) is 9.76. The number of hydrogen-bond donors (Lipinski definition) is 1. The van der Waals surface area contributed by atoms with E-state index in [9.17, 15) is 14.9 Å². The molecule has 0 aliphatic rings. The highest BCUT2D eigenvalue weighted by Crippen LogP contribution is 2.24. The fourth-order valence-electron chi connectivity index (χ4n) is 3.63. The molecule has 4 aromatic rings. The van der Waals surface area contributed by atoms with Crippen molar-refractivity contribution in [1.29, 1.82) is 5.26 Å². The van der Waals surface area contributed by atoms with E-state index in [1.807, 2.05) is 62.4 Å². The first-order valence-electron chi connectivity index (χ1n) is 11.1. The normalized spacial score (nSPS) is 12.1. The third-order valence-corrected chi connectivity index (χ3v) is 6.81. The van der Waals surface area contributed by atoms with Crippen molar-refractivity contribution in [2.24, 2.45) is 0 Å². The van der Waals surface area contributed by atoms with Crippen LogP contribution in [-0.4, -0.2) is 17.1 Å². The van der Waals surface area contributed by atoms with Gasteiger partial charge in [-0.25, -0.2) is 0 Å². The van der Waals surface area contributed by atoms with E-state index in [1.165, 1.54) is 4.57 Å². The highest BCUT2D eigenvalue weighted by molar-refractivity contribution is 9.10. The SMILES string of the molecule is CCOc1ccc(Br)cc1/C=c1/s/c(=C(/C#N)C(=O)Nc2cccc(C)c2)n(-c2ccccc2)c1=O. The molecule has 1 aromatic heterocycles. The maximum Gasteiger partial charge on any atom is 0.273 e. The van der Waals surface area contributed by atoms with E-state index in [0.717, 1.165) is 21.4 Å². The lowest BCUT2D eigenvalue weighted by molar-refractivity contribution is -0.111. The quantitative estimate of drug-likeness (QED) is 0.376.